The van der Waals surface area contributed by atoms with Gasteiger partial charge in [0.25, 0.3) is 5.91 Å². The van der Waals surface area contributed by atoms with Crippen molar-refractivity contribution >= 4 is 21.8 Å². The maximum Gasteiger partial charge on any atom is 0.254 e. The highest BCUT2D eigenvalue weighted by atomic mass is 79.9. The van der Waals surface area contributed by atoms with E-state index in [2.05, 4.69) is 40.2 Å². The number of hydrogen-bond donors (Lipinski definition) is 2. The van der Waals surface area contributed by atoms with Crippen molar-refractivity contribution in [2.75, 3.05) is 6.54 Å². The lowest BCUT2D eigenvalue weighted by Crippen LogP contribution is -2.52. The Hall–Kier alpha value is -1.66. The van der Waals surface area contributed by atoms with Gasteiger partial charge in [-0.3, -0.25) is 4.79 Å². The molecule has 0 aliphatic carbocycles. The summed E-state index contributed by atoms with van der Waals surface area (Å²) in [5, 5.41) is 7.30. The van der Waals surface area contributed by atoms with Crippen LogP contribution in [-0.4, -0.2) is 27.8 Å². The molecule has 124 valence electrons. The molecule has 0 saturated heterocycles. The van der Waals surface area contributed by atoms with Crippen molar-refractivity contribution in [1.82, 2.24) is 15.1 Å². The first-order chi connectivity index (χ1) is 10.8. The number of benzene rings is 1. The lowest BCUT2D eigenvalue weighted by atomic mass is 9.90. The number of nitrogens with zero attached hydrogens (tertiary/aromatic N) is 2. The third-order valence-corrected chi connectivity index (χ3v) is 4.19. The Kier molecular flexibility index (Phi) is 5.59. The molecule has 1 atom stereocenters. The van der Waals surface area contributed by atoms with Crippen LogP contribution in [-0.2, 0) is 0 Å². The number of nitrogens with two attached hydrogens (primary N) is 1. The van der Waals surface area contributed by atoms with Crippen molar-refractivity contribution in [2.24, 2.45) is 11.7 Å². The molecule has 1 unspecified atom stereocenters. The van der Waals surface area contributed by atoms with Crippen LogP contribution >= 0.6 is 15.9 Å². The van der Waals surface area contributed by atoms with E-state index in [0.717, 1.165) is 16.6 Å². The number of halogens is 1. The van der Waals surface area contributed by atoms with Crippen LogP contribution in [0.3, 0.4) is 0 Å². The van der Waals surface area contributed by atoms with Crippen molar-refractivity contribution in [3.63, 3.8) is 0 Å². The zero-order chi connectivity index (χ0) is 17.0. The second-order valence-corrected chi connectivity index (χ2v) is 7.38. The molecule has 1 heterocycles. The highest BCUT2D eigenvalue weighted by molar-refractivity contribution is 9.10. The smallest absolute Gasteiger partial charge is 0.254 e. The van der Waals surface area contributed by atoms with E-state index in [1.54, 1.807) is 17.1 Å². The molecule has 1 amide bonds. The van der Waals surface area contributed by atoms with E-state index in [9.17, 15) is 4.79 Å². The predicted octanol–water partition coefficient (Wildman–Crippen LogP) is 3.13. The number of hydrogen-bond acceptors (Lipinski definition) is 3. The van der Waals surface area contributed by atoms with Crippen LogP contribution in [0, 0.1) is 5.92 Å². The normalized spacial score (nSPS) is 13.8. The Bertz CT molecular complexity index is 665. The van der Waals surface area contributed by atoms with E-state index in [1.807, 2.05) is 31.2 Å². The van der Waals surface area contributed by atoms with E-state index < -0.39 is 5.54 Å². The molecule has 1 aromatic carbocycles. The van der Waals surface area contributed by atoms with Gasteiger partial charge in [-0.05, 0) is 43.5 Å². The van der Waals surface area contributed by atoms with Crippen molar-refractivity contribution in [3.8, 4) is 5.69 Å². The summed E-state index contributed by atoms with van der Waals surface area (Å²) in [5.41, 5.74) is 6.86. The summed E-state index contributed by atoms with van der Waals surface area (Å²) in [5.74, 6) is 0.302. The van der Waals surface area contributed by atoms with E-state index in [1.165, 1.54) is 0 Å². The number of aromatic nitrogens is 2. The summed E-state index contributed by atoms with van der Waals surface area (Å²) in [6.45, 7) is 6.61. The zero-order valence-corrected chi connectivity index (χ0v) is 15.3. The van der Waals surface area contributed by atoms with Gasteiger partial charge >= 0.3 is 0 Å². The van der Waals surface area contributed by atoms with Crippen LogP contribution in [0.15, 0.2) is 41.1 Å². The van der Waals surface area contributed by atoms with Crippen LogP contribution < -0.4 is 11.1 Å². The quantitative estimate of drug-likeness (QED) is 0.810. The van der Waals surface area contributed by atoms with Gasteiger partial charge in [0.15, 0.2) is 0 Å². The van der Waals surface area contributed by atoms with Crippen LogP contribution in [0.4, 0.5) is 0 Å². The molecule has 0 fully saturated rings. The molecular weight excluding hydrogens is 356 g/mol. The van der Waals surface area contributed by atoms with Crippen LogP contribution in [0.2, 0.25) is 0 Å². The standard InChI is InChI=1S/C17H23BrN4O/c1-12(2)8-17(3,11-19)21-16(23)13-9-20-22(10-13)15-6-4-14(18)5-7-15/h4-7,9-10,12H,8,11,19H2,1-3H3,(H,21,23). The number of carbonyl (C=O) groups is 1. The van der Waals surface area contributed by atoms with Gasteiger partial charge in [0, 0.05) is 22.8 Å². The molecule has 0 radical (unpaired) electrons. The molecule has 0 aliphatic rings. The largest absolute Gasteiger partial charge is 0.346 e. The van der Waals surface area contributed by atoms with Gasteiger partial charge in [-0.2, -0.15) is 5.10 Å². The van der Waals surface area contributed by atoms with Crippen LogP contribution in [0.25, 0.3) is 5.69 Å². The van der Waals surface area contributed by atoms with Gasteiger partial charge in [0.05, 0.1) is 17.4 Å². The average Bonchev–Trinajstić information content (AvgIpc) is 2.97. The molecule has 0 aliphatic heterocycles. The fourth-order valence-corrected chi connectivity index (χ4v) is 2.87. The molecule has 0 spiro atoms. The summed E-state index contributed by atoms with van der Waals surface area (Å²) in [4.78, 5) is 12.5. The third kappa shape index (κ3) is 4.65. The molecule has 5 nitrogen and oxygen atoms in total. The minimum atomic E-state index is -0.412. The Labute approximate surface area is 145 Å². The first kappa shape index (κ1) is 17.7. The average molecular weight is 379 g/mol. The number of carbonyl (C=O) groups excluding carboxylic acids is 1. The Balaban J connectivity index is 2.13. The minimum Gasteiger partial charge on any atom is -0.346 e. The van der Waals surface area contributed by atoms with Crippen molar-refractivity contribution in [3.05, 3.63) is 46.7 Å². The number of amides is 1. The van der Waals surface area contributed by atoms with Crippen molar-refractivity contribution in [1.29, 1.82) is 0 Å². The van der Waals surface area contributed by atoms with Crippen LogP contribution in [0.5, 0.6) is 0 Å². The lowest BCUT2D eigenvalue weighted by Gasteiger charge is -2.31. The van der Waals surface area contributed by atoms with Gasteiger partial charge in [-0.15, -0.1) is 0 Å². The summed E-state index contributed by atoms with van der Waals surface area (Å²) in [7, 11) is 0. The second-order valence-electron chi connectivity index (χ2n) is 6.47. The molecule has 6 heteroatoms. The summed E-state index contributed by atoms with van der Waals surface area (Å²) in [6.07, 6.45) is 4.13. The second kappa shape index (κ2) is 7.27. The molecule has 0 bridgehead atoms. The lowest BCUT2D eigenvalue weighted by molar-refractivity contribution is 0.0898. The van der Waals surface area contributed by atoms with Gasteiger partial charge in [0.2, 0.25) is 0 Å². The molecule has 2 rings (SSSR count). The molecule has 3 N–H and O–H groups in total. The highest BCUT2D eigenvalue weighted by Crippen LogP contribution is 2.17. The summed E-state index contributed by atoms with van der Waals surface area (Å²) < 4.78 is 2.68. The van der Waals surface area contributed by atoms with Gasteiger partial charge in [-0.25, -0.2) is 4.68 Å². The summed E-state index contributed by atoms with van der Waals surface area (Å²) in [6, 6.07) is 7.73. The van der Waals surface area contributed by atoms with Gasteiger partial charge < -0.3 is 11.1 Å². The fourth-order valence-electron chi connectivity index (χ4n) is 2.61. The van der Waals surface area contributed by atoms with E-state index in [4.69, 9.17) is 5.73 Å². The predicted molar refractivity (Wildman–Crippen MR) is 95.6 cm³/mol. The van der Waals surface area contributed by atoms with Crippen molar-refractivity contribution < 1.29 is 4.79 Å². The Morgan fingerprint density at radius 2 is 2.04 bits per heavy atom. The van der Waals surface area contributed by atoms with Crippen molar-refractivity contribution in [2.45, 2.75) is 32.7 Å². The maximum absolute atomic E-state index is 12.5. The molecule has 0 saturated carbocycles. The number of rotatable bonds is 6. The first-order valence-corrected chi connectivity index (χ1v) is 8.45. The maximum atomic E-state index is 12.5. The highest BCUT2D eigenvalue weighted by Gasteiger charge is 2.26. The Morgan fingerprint density at radius 1 is 1.39 bits per heavy atom. The molecular formula is C17H23BrN4O. The van der Waals surface area contributed by atoms with E-state index in [0.29, 0.717) is 18.0 Å². The molecule has 1 aromatic heterocycles. The third-order valence-electron chi connectivity index (χ3n) is 3.66. The first-order valence-electron chi connectivity index (χ1n) is 7.66. The van der Waals surface area contributed by atoms with Gasteiger partial charge in [0.1, 0.15) is 0 Å². The zero-order valence-electron chi connectivity index (χ0n) is 13.7. The minimum absolute atomic E-state index is 0.151. The monoisotopic (exact) mass is 378 g/mol. The molecule has 23 heavy (non-hydrogen) atoms. The topological polar surface area (TPSA) is 72.9 Å². The fraction of sp³-hybridized carbons (Fsp3) is 0.412. The summed E-state index contributed by atoms with van der Waals surface area (Å²) >= 11 is 3.40. The SMILES string of the molecule is CC(C)CC(C)(CN)NC(=O)c1cnn(-c2ccc(Br)cc2)c1. The Morgan fingerprint density at radius 3 is 2.61 bits per heavy atom. The molecule has 2 aromatic rings. The van der Waals surface area contributed by atoms with Crippen LogP contribution in [0.1, 0.15) is 37.6 Å². The van der Waals surface area contributed by atoms with E-state index >= 15 is 0 Å². The number of nitrogens with one attached hydrogen (secondary N) is 1. The van der Waals surface area contributed by atoms with Gasteiger partial charge in [-0.1, -0.05) is 29.8 Å². The van der Waals surface area contributed by atoms with E-state index in [-0.39, 0.29) is 5.91 Å².